The van der Waals surface area contributed by atoms with E-state index in [1.165, 1.54) is 26.7 Å². The number of phenolic OH excluding ortho intramolecular Hbond substituents is 1. The Hall–Kier alpha value is -4.59. The smallest absolute Gasteiger partial charge is 0.344 e. The normalized spacial score (nSPS) is 10.8. The first-order chi connectivity index (χ1) is 17.6. The Morgan fingerprint density at radius 3 is 2.11 bits per heavy atom. The predicted molar refractivity (Wildman–Crippen MR) is 134 cm³/mol. The highest BCUT2D eigenvalue weighted by molar-refractivity contribution is 5.71. The van der Waals surface area contributed by atoms with Crippen LogP contribution in [0.2, 0.25) is 0 Å². The van der Waals surface area contributed by atoms with Gasteiger partial charge in [-0.2, -0.15) is 0 Å². The quantitative estimate of drug-likeness (QED) is 0.151. The topological polar surface area (TPSA) is 92.7 Å². The number of hydrogen-bond acceptors (Lipinski definition) is 8. The molecule has 0 fully saturated rings. The molecule has 0 heterocycles. The van der Waals surface area contributed by atoms with Crippen LogP contribution in [0.15, 0.2) is 79.3 Å². The van der Waals surface area contributed by atoms with Crippen LogP contribution in [0.3, 0.4) is 0 Å². The lowest BCUT2D eigenvalue weighted by molar-refractivity contribution is -0.147. The zero-order valence-electron chi connectivity index (χ0n) is 20.1. The molecule has 8 nitrogen and oxygen atoms in total. The highest BCUT2D eigenvalue weighted by atomic mass is 16.7. The predicted octanol–water partition coefficient (Wildman–Crippen LogP) is 5.16. The van der Waals surface area contributed by atoms with Crippen molar-refractivity contribution in [2.24, 2.45) is 0 Å². The van der Waals surface area contributed by atoms with Gasteiger partial charge in [-0.05, 0) is 53.1 Å². The zero-order valence-corrected chi connectivity index (χ0v) is 20.1. The summed E-state index contributed by atoms with van der Waals surface area (Å²) < 4.78 is 31.8. The molecule has 3 aromatic rings. The Morgan fingerprint density at radius 2 is 1.44 bits per heavy atom. The van der Waals surface area contributed by atoms with Gasteiger partial charge in [0.05, 0.1) is 26.7 Å². The van der Waals surface area contributed by atoms with Crippen molar-refractivity contribution >= 4 is 18.1 Å². The van der Waals surface area contributed by atoms with Crippen LogP contribution in [0.25, 0.3) is 12.2 Å². The summed E-state index contributed by atoms with van der Waals surface area (Å²) in [6.07, 6.45) is 6.43. The number of carbonyl (C=O) groups is 1. The number of benzene rings is 3. The Kier molecular flexibility index (Phi) is 10.1. The van der Waals surface area contributed by atoms with Crippen molar-refractivity contribution in [3.05, 3.63) is 95.9 Å². The molecule has 188 valence electrons. The van der Waals surface area contributed by atoms with Crippen LogP contribution < -0.4 is 14.2 Å². The molecule has 0 aliphatic rings. The number of phenols is 1. The molecule has 0 saturated heterocycles. The molecule has 0 atom stereocenters. The van der Waals surface area contributed by atoms with E-state index < -0.39 is 5.97 Å². The number of carbonyl (C=O) groups excluding carboxylic acids is 1. The van der Waals surface area contributed by atoms with E-state index in [2.05, 4.69) is 0 Å². The van der Waals surface area contributed by atoms with Crippen molar-refractivity contribution in [1.29, 1.82) is 0 Å². The molecule has 0 bridgehead atoms. The molecule has 0 radical (unpaired) electrons. The van der Waals surface area contributed by atoms with Gasteiger partial charge in [0, 0.05) is 0 Å². The van der Waals surface area contributed by atoms with Gasteiger partial charge in [0.1, 0.15) is 6.61 Å². The largest absolute Gasteiger partial charge is 0.504 e. The lowest BCUT2D eigenvalue weighted by Crippen LogP contribution is -2.15. The molecule has 0 spiro atoms. The van der Waals surface area contributed by atoms with Crippen molar-refractivity contribution in [1.82, 2.24) is 0 Å². The molecule has 0 saturated carbocycles. The van der Waals surface area contributed by atoms with E-state index in [4.69, 9.17) is 28.4 Å². The molecule has 36 heavy (non-hydrogen) atoms. The maximum absolute atomic E-state index is 12.0. The van der Waals surface area contributed by atoms with Crippen LogP contribution in [0.1, 0.15) is 16.7 Å². The summed E-state index contributed by atoms with van der Waals surface area (Å²) in [6.45, 7) is -0.0378. The molecular weight excluding hydrogens is 464 g/mol. The van der Waals surface area contributed by atoms with E-state index in [0.29, 0.717) is 17.2 Å². The summed E-state index contributed by atoms with van der Waals surface area (Å²) in [6, 6.07) is 19.6. The van der Waals surface area contributed by atoms with Gasteiger partial charge < -0.3 is 33.5 Å². The number of rotatable bonds is 13. The van der Waals surface area contributed by atoms with Crippen LogP contribution in [-0.2, 0) is 25.6 Å². The Balaban J connectivity index is 1.41. The van der Waals surface area contributed by atoms with Crippen LogP contribution in [0, 0.1) is 0 Å². The lowest BCUT2D eigenvalue weighted by Gasteiger charge is -2.11. The minimum absolute atomic E-state index is 0.00560. The summed E-state index contributed by atoms with van der Waals surface area (Å²) in [5, 5.41) is 9.61. The van der Waals surface area contributed by atoms with Crippen LogP contribution in [0.4, 0.5) is 0 Å². The molecule has 3 aromatic carbocycles. The number of methoxy groups -OCH3 is 2. The van der Waals surface area contributed by atoms with E-state index in [1.807, 2.05) is 30.3 Å². The van der Waals surface area contributed by atoms with Crippen molar-refractivity contribution in [3.8, 4) is 23.0 Å². The van der Waals surface area contributed by atoms with Crippen molar-refractivity contribution < 1.29 is 38.3 Å². The first kappa shape index (κ1) is 26.0. The summed E-state index contributed by atoms with van der Waals surface area (Å²) in [5.74, 6) is 0.868. The molecule has 1 N–H and O–H groups in total. The second kappa shape index (κ2) is 14.0. The number of hydrogen-bond donors (Lipinski definition) is 1. The van der Waals surface area contributed by atoms with Gasteiger partial charge >= 0.3 is 5.97 Å². The molecule has 8 heteroatoms. The van der Waals surface area contributed by atoms with E-state index in [-0.39, 0.29) is 25.8 Å². The van der Waals surface area contributed by atoms with E-state index in [0.717, 1.165) is 16.7 Å². The van der Waals surface area contributed by atoms with Gasteiger partial charge in [-0.25, -0.2) is 4.79 Å². The van der Waals surface area contributed by atoms with E-state index in [1.54, 1.807) is 48.6 Å². The second-order valence-electron chi connectivity index (χ2n) is 7.33. The first-order valence-electron chi connectivity index (χ1n) is 11.0. The summed E-state index contributed by atoms with van der Waals surface area (Å²) in [7, 11) is 3.00. The third kappa shape index (κ3) is 8.32. The van der Waals surface area contributed by atoms with Crippen molar-refractivity contribution in [3.63, 3.8) is 0 Å². The van der Waals surface area contributed by atoms with E-state index >= 15 is 0 Å². The highest BCUT2D eigenvalue weighted by Crippen LogP contribution is 2.29. The second-order valence-corrected chi connectivity index (χ2v) is 7.33. The fourth-order valence-electron chi connectivity index (χ4n) is 2.99. The highest BCUT2D eigenvalue weighted by Gasteiger charge is 2.09. The van der Waals surface area contributed by atoms with Gasteiger partial charge in [0.2, 0.25) is 6.79 Å². The third-order valence-electron chi connectivity index (χ3n) is 4.83. The van der Waals surface area contributed by atoms with Crippen LogP contribution in [0.5, 0.6) is 23.0 Å². The third-order valence-corrected chi connectivity index (χ3v) is 4.83. The maximum Gasteiger partial charge on any atom is 0.344 e. The molecule has 3 rings (SSSR count). The summed E-state index contributed by atoms with van der Waals surface area (Å²) >= 11 is 0. The standard InChI is InChI=1S/C28H28O8/c1-31-26-16-21(8-10-24(26)29)12-14-33-20-34-15-13-22-9-11-25(27(17-22)32-2)35-19-28(30)36-18-23-6-4-3-5-7-23/h3-17,29H,18-20H2,1-2H3/b14-12+,15-13+. The Labute approximate surface area is 209 Å². The molecule has 0 unspecified atom stereocenters. The van der Waals surface area contributed by atoms with Gasteiger partial charge in [-0.15, -0.1) is 0 Å². The van der Waals surface area contributed by atoms with Gasteiger partial charge in [0.25, 0.3) is 0 Å². The molecule has 0 aliphatic carbocycles. The summed E-state index contributed by atoms with van der Waals surface area (Å²) in [4.78, 5) is 12.0. The van der Waals surface area contributed by atoms with E-state index in [9.17, 15) is 9.90 Å². The fourth-order valence-corrected chi connectivity index (χ4v) is 2.99. The van der Waals surface area contributed by atoms with Gasteiger partial charge in [0.15, 0.2) is 29.6 Å². The lowest BCUT2D eigenvalue weighted by atomic mass is 10.2. The Bertz CT molecular complexity index is 1170. The maximum atomic E-state index is 12.0. The minimum Gasteiger partial charge on any atom is -0.504 e. The van der Waals surface area contributed by atoms with Crippen LogP contribution >= 0.6 is 0 Å². The van der Waals surface area contributed by atoms with Crippen molar-refractivity contribution in [2.45, 2.75) is 6.61 Å². The zero-order chi connectivity index (χ0) is 25.6. The Morgan fingerprint density at radius 1 is 0.806 bits per heavy atom. The number of ether oxygens (including phenoxy) is 6. The van der Waals surface area contributed by atoms with Crippen LogP contribution in [-0.4, -0.2) is 38.7 Å². The fraction of sp³-hybridized carbons (Fsp3) is 0.179. The van der Waals surface area contributed by atoms with Gasteiger partial charge in [-0.3, -0.25) is 0 Å². The average molecular weight is 493 g/mol. The minimum atomic E-state index is -0.475. The SMILES string of the molecule is COc1cc(/C=C/OCO/C=C/c2ccc(OCC(=O)OCc3ccccc3)c(OC)c2)ccc1O. The monoisotopic (exact) mass is 492 g/mol. The molecular formula is C28H28O8. The van der Waals surface area contributed by atoms with Gasteiger partial charge in [-0.1, -0.05) is 42.5 Å². The number of aromatic hydroxyl groups is 1. The molecule has 0 aliphatic heterocycles. The molecule has 0 aromatic heterocycles. The van der Waals surface area contributed by atoms with Crippen molar-refractivity contribution in [2.75, 3.05) is 27.6 Å². The average Bonchev–Trinajstić information content (AvgIpc) is 2.91. The molecule has 0 amide bonds. The first-order valence-corrected chi connectivity index (χ1v) is 11.0. The number of esters is 1. The summed E-state index contributed by atoms with van der Waals surface area (Å²) in [5.41, 5.74) is 2.51.